The molecule has 0 bridgehead atoms. The molecule has 0 atom stereocenters. The summed E-state index contributed by atoms with van der Waals surface area (Å²) in [6.45, 7) is 0. The molecule has 0 spiro atoms. The lowest BCUT2D eigenvalue weighted by Crippen LogP contribution is -2.31. The van der Waals surface area contributed by atoms with Gasteiger partial charge in [-0.15, -0.1) is 0 Å². The molecule has 0 amide bonds. The summed E-state index contributed by atoms with van der Waals surface area (Å²) in [7, 11) is 3.18. The quantitative estimate of drug-likeness (QED) is 0.304. The Balaban J connectivity index is 2.58. The third-order valence-electron chi connectivity index (χ3n) is 3.51. The van der Waals surface area contributed by atoms with Gasteiger partial charge in [-0.25, -0.2) is 0 Å². The molecule has 2 aromatic rings. The molecule has 2 aromatic carbocycles. The Morgan fingerprint density at radius 1 is 0.714 bits per heavy atom. The topological polar surface area (TPSA) is 119 Å². The van der Waals surface area contributed by atoms with Crippen molar-refractivity contribution in [3.05, 3.63) is 59.7 Å². The van der Waals surface area contributed by atoms with Gasteiger partial charge < -0.3 is 20.9 Å². The SMILES string of the molecule is COc1ccc(C(=NNC(N)=S)C(=NNC(N)=S)c2ccc(OC)cc2)cc1. The normalized spacial score (nSPS) is 11.5. The average molecular weight is 417 g/mol. The van der Waals surface area contributed by atoms with E-state index in [2.05, 4.69) is 21.1 Å². The number of rotatable bonds is 7. The Morgan fingerprint density at radius 3 is 1.29 bits per heavy atom. The van der Waals surface area contributed by atoms with Crippen LogP contribution in [0.5, 0.6) is 11.5 Å². The molecule has 0 aliphatic rings. The summed E-state index contributed by atoms with van der Waals surface area (Å²) in [6, 6.07) is 14.5. The van der Waals surface area contributed by atoms with Crippen LogP contribution >= 0.6 is 24.4 Å². The Labute approximate surface area is 173 Å². The second-order valence-corrected chi connectivity index (χ2v) is 6.21. The van der Waals surface area contributed by atoms with Crippen molar-refractivity contribution >= 4 is 46.1 Å². The molecule has 10 heteroatoms. The third-order valence-corrected chi connectivity index (χ3v) is 3.69. The Bertz CT molecular complexity index is 820. The minimum absolute atomic E-state index is 0.0161. The smallest absolute Gasteiger partial charge is 0.184 e. The van der Waals surface area contributed by atoms with Crippen LogP contribution in [0.4, 0.5) is 0 Å². The van der Waals surface area contributed by atoms with E-state index in [4.69, 9.17) is 45.4 Å². The number of methoxy groups -OCH3 is 2. The number of ether oxygens (including phenoxy) is 2. The zero-order chi connectivity index (χ0) is 20.5. The van der Waals surface area contributed by atoms with Crippen molar-refractivity contribution in [1.82, 2.24) is 10.9 Å². The first-order valence-corrected chi connectivity index (χ1v) is 8.81. The number of nitrogens with zero attached hydrogens (tertiary/aromatic N) is 2. The molecule has 0 heterocycles. The van der Waals surface area contributed by atoms with E-state index in [1.54, 1.807) is 38.5 Å². The van der Waals surface area contributed by atoms with Crippen LogP contribution in [0.3, 0.4) is 0 Å². The summed E-state index contributed by atoms with van der Waals surface area (Å²) in [5, 5.41) is 8.67. The van der Waals surface area contributed by atoms with Crippen molar-refractivity contribution in [3.8, 4) is 11.5 Å². The fraction of sp³-hybridized carbons (Fsp3) is 0.111. The number of thiocarbonyl (C=S) groups is 2. The van der Waals surface area contributed by atoms with Crippen molar-refractivity contribution in [1.29, 1.82) is 0 Å². The van der Waals surface area contributed by atoms with Gasteiger partial charge in [0, 0.05) is 11.1 Å². The second kappa shape index (κ2) is 10.2. The monoisotopic (exact) mass is 416 g/mol. The molecule has 0 aliphatic heterocycles. The van der Waals surface area contributed by atoms with Crippen molar-refractivity contribution in [2.24, 2.45) is 21.7 Å². The number of benzene rings is 2. The third kappa shape index (κ3) is 5.89. The van der Waals surface area contributed by atoms with Gasteiger partial charge in [-0.1, -0.05) is 0 Å². The lowest BCUT2D eigenvalue weighted by molar-refractivity contribution is 0.414. The van der Waals surface area contributed by atoms with E-state index in [1.807, 2.05) is 24.3 Å². The van der Waals surface area contributed by atoms with E-state index < -0.39 is 0 Å². The van der Waals surface area contributed by atoms with Crippen LogP contribution in [0, 0.1) is 0 Å². The van der Waals surface area contributed by atoms with E-state index in [1.165, 1.54) is 0 Å². The number of hydrogen-bond acceptors (Lipinski definition) is 6. The lowest BCUT2D eigenvalue weighted by Gasteiger charge is -2.13. The Hall–Kier alpha value is -3.24. The predicted octanol–water partition coefficient (Wildman–Crippen LogP) is 1.48. The fourth-order valence-corrected chi connectivity index (χ4v) is 2.32. The Morgan fingerprint density at radius 2 is 1.04 bits per heavy atom. The summed E-state index contributed by atoms with van der Waals surface area (Å²) in [6.07, 6.45) is 0. The maximum absolute atomic E-state index is 5.54. The van der Waals surface area contributed by atoms with Crippen LogP contribution in [0.2, 0.25) is 0 Å². The highest BCUT2D eigenvalue weighted by atomic mass is 32.1. The summed E-state index contributed by atoms with van der Waals surface area (Å²) in [5.74, 6) is 1.41. The van der Waals surface area contributed by atoms with Gasteiger partial charge in [0.1, 0.15) is 22.9 Å². The second-order valence-electron chi connectivity index (χ2n) is 5.33. The highest BCUT2D eigenvalue weighted by molar-refractivity contribution is 7.80. The lowest BCUT2D eigenvalue weighted by atomic mass is 9.99. The number of nitrogens with two attached hydrogens (primary N) is 2. The van der Waals surface area contributed by atoms with Crippen molar-refractivity contribution < 1.29 is 9.47 Å². The molecule has 28 heavy (non-hydrogen) atoms. The van der Waals surface area contributed by atoms with Crippen molar-refractivity contribution in [3.63, 3.8) is 0 Å². The van der Waals surface area contributed by atoms with Crippen LogP contribution in [-0.4, -0.2) is 35.9 Å². The van der Waals surface area contributed by atoms with E-state index in [9.17, 15) is 0 Å². The number of hydrogen-bond donors (Lipinski definition) is 4. The molecule has 146 valence electrons. The van der Waals surface area contributed by atoms with Gasteiger partial charge in [0.05, 0.1) is 14.2 Å². The van der Waals surface area contributed by atoms with E-state index in [-0.39, 0.29) is 10.2 Å². The van der Waals surface area contributed by atoms with Crippen LogP contribution in [0.1, 0.15) is 11.1 Å². The van der Waals surface area contributed by atoms with Crippen molar-refractivity contribution in [2.75, 3.05) is 14.2 Å². The van der Waals surface area contributed by atoms with Crippen LogP contribution in [-0.2, 0) is 0 Å². The number of nitrogens with one attached hydrogen (secondary N) is 2. The van der Waals surface area contributed by atoms with Crippen LogP contribution in [0.15, 0.2) is 58.7 Å². The van der Waals surface area contributed by atoms with Gasteiger partial charge in [0.25, 0.3) is 0 Å². The first kappa shape index (κ1) is 21.1. The molecule has 0 unspecified atom stereocenters. The molecule has 0 aromatic heterocycles. The fourth-order valence-electron chi connectivity index (χ4n) is 2.23. The maximum Gasteiger partial charge on any atom is 0.184 e. The molecule has 0 saturated carbocycles. The first-order valence-electron chi connectivity index (χ1n) is 8.00. The maximum atomic E-state index is 5.54. The van der Waals surface area contributed by atoms with Crippen LogP contribution < -0.4 is 31.8 Å². The Kier molecular flexibility index (Phi) is 7.66. The van der Waals surface area contributed by atoms with Crippen LogP contribution in [0.25, 0.3) is 0 Å². The molecule has 0 aliphatic carbocycles. The molecular formula is C18H20N6O2S2. The highest BCUT2D eigenvalue weighted by Crippen LogP contribution is 2.17. The number of hydrazone groups is 2. The largest absolute Gasteiger partial charge is 0.497 e. The van der Waals surface area contributed by atoms with E-state index in [0.29, 0.717) is 22.9 Å². The standard InChI is InChI=1S/C18H20N6O2S2/c1-25-13-7-3-11(4-8-13)15(21-23-17(19)27)16(22-24-18(20)28)12-5-9-14(26-2)10-6-12/h3-10H,1-2H3,(H3,19,23,27)(H3,20,24,28). The molecule has 0 saturated heterocycles. The van der Waals surface area contributed by atoms with Gasteiger partial charge in [-0.05, 0) is 73.0 Å². The zero-order valence-corrected chi connectivity index (χ0v) is 16.9. The van der Waals surface area contributed by atoms with E-state index >= 15 is 0 Å². The van der Waals surface area contributed by atoms with Gasteiger partial charge in [-0.2, -0.15) is 10.2 Å². The average Bonchev–Trinajstić information content (AvgIpc) is 2.70. The predicted molar refractivity (Wildman–Crippen MR) is 119 cm³/mol. The zero-order valence-electron chi connectivity index (χ0n) is 15.3. The summed E-state index contributed by atoms with van der Waals surface area (Å²) >= 11 is 9.74. The molecule has 0 radical (unpaired) electrons. The summed E-state index contributed by atoms with van der Waals surface area (Å²) < 4.78 is 10.4. The van der Waals surface area contributed by atoms with Gasteiger partial charge in [-0.3, -0.25) is 10.9 Å². The van der Waals surface area contributed by atoms with Gasteiger partial charge >= 0.3 is 0 Å². The molecule has 6 N–H and O–H groups in total. The molecule has 2 rings (SSSR count). The summed E-state index contributed by atoms with van der Waals surface area (Å²) in [4.78, 5) is 0. The van der Waals surface area contributed by atoms with Gasteiger partial charge in [0.15, 0.2) is 10.2 Å². The summed E-state index contributed by atoms with van der Waals surface area (Å²) in [5.41, 5.74) is 18.7. The molecule has 0 fully saturated rings. The molecular weight excluding hydrogens is 396 g/mol. The highest BCUT2D eigenvalue weighted by Gasteiger charge is 2.16. The minimum Gasteiger partial charge on any atom is -0.497 e. The van der Waals surface area contributed by atoms with E-state index in [0.717, 1.165) is 11.1 Å². The molecule has 8 nitrogen and oxygen atoms in total. The van der Waals surface area contributed by atoms with Gasteiger partial charge in [0.2, 0.25) is 0 Å². The van der Waals surface area contributed by atoms with Crippen molar-refractivity contribution in [2.45, 2.75) is 0 Å². The first-order chi connectivity index (χ1) is 13.4. The minimum atomic E-state index is 0.0161.